The number of fused-ring (bicyclic) bond motifs is 1. The van der Waals surface area contributed by atoms with Crippen molar-refractivity contribution in [2.75, 3.05) is 16.3 Å². The van der Waals surface area contributed by atoms with Gasteiger partial charge in [0.05, 0.1) is 23.4 Å². The predicted molar refractivity (Wildman–Crippen MR) is 126 cm³/mol. The molecule has 3 amide bonds. The fourth-order valence-corrected chi connectivity index (χ4v) is 5.37. The lowest BCUT2D eigenvalue weighted by Gasteiger charge is -2.25. The Labute approximate surface area is 198 Å². The van der Waals surface area contributed by atoms with Crippen molar-refractivity contribution < 1.29 is 23.9 Å². The molecular formula is C27H28N2O5. The first-order chi connectivity index (χ1) is 16.3. The van der Waals surface area contributed by atoms with Crippen molar-refractivity contribution in [3.63, 3.8) is 0 Å². The largest absolute Gasteiger partial charge is 0.426 e. The third kappa shape index (κ3) is 4.00. The third-order valence-electron chi connectivity index (χ3n) is 7.29. The van der Waals surface area contributed by atoms with Crippen molar-refractivity contribution >= 4 is 35.1 Å². The second kappa shape index (κ2) is 8.70. The number of imide groups is 1. The van der Waals surface area contributed by atoms with Crippen molar-refractivity contribution in [2.45, 2.75) is 39.5 Å². The first-order valence-corrected chi connectivity index (χ1v) is 11.9. The summed E-state index contributed by atoms with van der Waals surface area (Å²) >= 11 is 0. The van der Waals surface area contributed by atoms with Crippen LogP contribution >= 0.6 is 0 Å². The lowest BCUT2D eigenvalue weighted by atomic mass is 9.76. The highest BCUT2D eigenvalue weighted by atomic mass is 16.5. The number of ether oxygens (including phenoxy) is 1. The molecule has 2 aliphatic heterocycles. The van der Waals surface area contributed by atoms with E-state index in [1.807, 2.05) is 31.2 Å². The molecule has 2 aromatic carbocycles. The van der Waals surface area contributed by atoms with Crippen LogP contribution in [-0.2, 0) is 19.2 Å². The summed E-state index contributed by atoms with van der Waals surface area (Å²) in [5.41, 5.74) is 2.27. The lowest BCUT2D eigenvalue weighted by molar-refractivity contribution is -0.139. The minimum absolute atomic E-state index is 0.0804. The fraction of sp³-hybridized carbons (Fsp3) is 0.407. The van der Waals surface area contributed by atoms with Crippen LogP contribution < -0.4 is 14.5 Å². The summed E-state index contributed by atoms with van der Waals surface area (Å²) in [4.78, 5) is 54.2. The summed E-state index contributed by atoms with van der Waals surface area (Å²) in [5, 5.41) is 0. The first kappa shape index (κ1) is 22.3. The van der Waals surface area contributed by atoms with E-state index in [0.29, 0.717) is 11.6 Å². The number of hydrogen-bond donors (Lipinski definition) is 0. The normalized spacial score (nSPS) is 26.7. The van der Waals surface area contributed by atoms with Gasteiger partial charge in [-0.05, 0) is 56.4 Å². The van der Waals surface area contributed by atoms with Crippen LogP contribution in [0.15, 0.2) is 48.5 Å². The Kier molecular flexibility index (Phi) is 5.71. The SMILES string of the molecule is Cc1ccc(N2C[C@H](C(=O)Oc3cccc(N4C(=O)[C@H]5CC[C@H](C)C[C@@H]5C4=O)c3)CC2=O)cc1. The number of hydrogen-bond acceptors (Lipinski definition) is 5. The molecule has 3 fully saturated rings. The van der Waals surface area contributed by atoms with Crippen molar-refractivity contribution in [3.8, 4) is 5.75 Å². The maximum absolute atomic E-state index is 13.0. The van der Waals surface area contributed by atoms with Gasteiger partial charge in [-0.15, -0.1) is 0 Å². The summed E-state index contributed by atoms with van der Waals surface area (Å²) in [6.45, 7) is 4.34. The predicted octanol–water partition coefficient (Wildman–Crippen LogP) is 3.88. The topological polar surface area (TPSA) is 84.0 Å². The summed E-state index contributed by atoms with van der Waals surface area (Å²) in [6.07, 6.45) is 2.49. The number of rotatable bonds is 4. The van der Waals surface area contributed by atoms with Gasteiger partial charge < -0.3 is 9.64 Å². The van der Waals surface area contributed by atoms with Crippen LogP contribution in [0, 0.1) is 30.6 Å². The summed E-state index contributed by atoms with van der Waals surface area (Å²) in [5.74, 6) is -1.37. The van der Waals surface area contributed by atoms with E-state index in [0.717, 1.165) is 30.5 Å². The van der Waals surface area contributed by atoms with E-state index in [1.165, 1.54) is 4.90 Å². The Balaban J connectivity index is 1.28. The van der Waals surface area contributed by atoms with Gasteiger partial charge in [-0.25, -0.2) is 4.90 Å². The third-order valence-corrected chi connectivity index (χ3v) is 7.29. The van der Waals surface area contributed by atoms with Crippen molar-refractivity contribution in [2.24, 2.45) is 23.7 Å². The van der Waals surface area contributed by atoms with Gasteiger partial charge in [-0.3, -0.25) is 19.2 Å². The second-order valence-corrected chi connectivity index (χ2v) is 9.80. The highest BCUT2D eigenvalue weighted by molar-refractivity contribution is 6.22. The quantitative estimate of drug-likeness (QED) is 0.393. The molecule has 4 atom stereocenters. The van der Waals surface area contributed by atoms with Crippen LogP contribution in [0.4, 0.5) is 11.4 Å². The van der Waals surface area contributed by atoms with E-state index < -0.39 is 11.9 Å². The number of esters is 1. The molecule has 2 saturated heterocycles. The molecule has 0 bridgehead atoms. The van der Waals surface area contributed by atoms with Crippen LogP contribution in [0.3, 0.4) is 0 Å². The molecule has 2 heterocycles. The number of anilines is 2. The van der Waals surface area contributed by atoms with E-state index in [-0.39, 0.29) is 48.3 Å². The Morgan fingerprint density at radius 3 is 2.44 bits per heavy atom. The zero-order chi connectivity index (χ0) is 24.0. The molecule has 7 heteroatoms. The molecule has 0 N–H and O–H groups in total. The maximum atomic E-state index is 13.0. The molecule has 0 spiro atoms. The van der Waals surface area contributed by atoms with Crippen molar-refractivity contribution in [3.05, 3.63) is 54.1 Å². The van der Waals surface area contributed by atoms with Gasteiger partial charge in [-0.1, -0.05) is 30.7 Å². The molecule has 7 nitrogen and oxygen atoms in total. The molecule has 0 unspecified atom stereocenters. The molecule has 1 saturated carbocycles. The summed E-state index contributed by atoms with van der Waals surface area (Å²) < 4.78 is 5.59. The monoisotopic (exact) mass is 460 g/mol. The van der Waals surface area contributed by atoms with E-state index in [4.69, 9.17) is 4.74 Å². The van der Waals surface area contributed by atoms with Crippen LogP contribution in [-0.4, -0.2) is 30.2 Å². The van der Waals surface area contributed by atoms with Gasteiger partial charge >= 0.3 is 5.97 Å². The average molecular weight is 461 g/mol. The number of aryl methyl sites for hydroxylation is 1. The summed E-state index contributed by atoms with van der Waals surface area (Å²) in [6, 6.07) is 14.1. The Bertz CT molecular complexity index is 1160. The molecule has 0 aromatic heterocycles. The molecule has 1 aliphatic carbocycles. The minimum atomic E-state index is -0.586. The number of nitrogens with zero attached hydrogens (tertiary/aromatic N) is 2. The number of benzene rings is 2. The highest BCUT2D eigenvalue weighted by Gasteiger charge is 2.50. The lowest BCUT2D eigenvalue weighted by Crippen LogP contribution is -2.31. The van der Waals surface area contributed by atoms with Crippen LogP contribution in [0.25, 0.3) is 0 Å². The van der Waals surface area contributed by atoms with Gasteiger partial charge in [0.15, 0.2) is 0 Å². The molecule has 2 aromatic rings. The van der Waals surface area contributed by atoms with E-state index >= 15 is 0 Å². The zero-order valence-corrected chi connectivity index (χ0v) is 19.4. The van der Waals surface area contributed by atoms with Crippen LogP contribution in [0.1, 0.15) is 38.2 Å². The van der Waals surface area contributed by atoms with Gasteiger partial charge in [0.25, 0.3) is 0 Å². The van der Waals surface area contributed by atoms with Gasteiger partial charge in [0.1, 0.15) is 5.75 Å². The molecule has 34 heavy (non-hydrogen) atoms. The van der Waals surface area contributed by atoms with Gasteiger partial charge in [0, 0.05) is 24.7 Å². The standard InChI is InChI=1S/C27H28N2O5/c1-16-6-9-19(10-7-16)28-15-18(13-24(28)30)27(33)34-21-5-3-4-20(14-21)29-25(31)22-11-8-17(2)12-23(22)26(29)32/h3-7,9-10,14,17-18,22-23H,8,11-13,15H2,1-2H3/t17-,18+,22-,23-/m0/s1. The Hall–Kier alpha value is -3.48. The minimum Gasteiger partial charge on any atom is -0.426 e. The van der Waals surface area contributed by atoms with Crippen LogP contribution in [0.5, 0.6) is 5.75 Å². The molecule has 3 aliphatic rings. The molecule has 5 rings (SSSR count). The van der Waals surface area contributed by atoms with E-state index in [1.54, 1.807) is 29.2 Å². The van der Waals surface area contributed by atoms with E-state index in [2.05, 4.69) is 6.92 Å². The Morgan fingerprint density at radius 1 is 0.941 bits per heavy atom. The van der Waals surface area contributed by atoms with Gasteiger partial charge in [0.2, 0.25) is 17.7 Å². The first-order valence-electron chi connectivity index (χ1n) is 11.9. The average Bonchev–Trinajstić information content (AvgIpc) is 3.32. The number of carbonyl (C=O) groups is 4. The number of amides is 3. The van der Waals surface area contributed by atoms with Crippen molar-refractivity contribution in [1.82, 2.24) is 0 Å². The second-order valence-electron chi connectivity index (χ2n) is 9.80. The van der Waals surface area contributed by atoms with Gasteiger partial charge in [-0.2, -0.15) is 0 Å². The summed E-state index contributed by atoms with van der Waals surface area (Å²) in [7, 11) is 0. The maximum Gasteiger partial charge on any atom is 0.316 e. The van der Waals surface area contributed by atoms with E-state index in [9.17, 15) is 19.2 Å². The smallest absolute Gasteiger partial charge is 0.316 e. The number of carbonyl (C=O) groups excluding carboxylic acids is 4. The molecule has 0 radical (unpaired) electrons. The molecule has 176 valence electrons. The highest BCUT2D eigenvalue weighted by Crippen LogP contribution is 2.42. The molecular weight excluding hydrogens is 432 g/mol. The Morgan fingerprint density at radius 2 is 1.68 bits per heavy atom. The fourth-order valence-electron chi connectivity index (χ4n) is 5.37. The zero-order valence-electron chi connectivity index (χ0n) is 19.4. The van der Waals surface area contributed by atoms with Crippen LogP contribution in [0.2, 0.25) is 0 Å². The van der Waals surface area contributed by atoms with Crippen molar-refractivity contribution in [1.29, 1.82) is 0 Å².